The van der Waals surface area contributed by atoms with Gasteiger partial charge in [-0.3, -0.25) is 9.59 Å². The number of rotatable bonds is 5. The first-order chi connectivity index (χ1) is 6.84. The van der Waals surface area contributed by atoms with Crippen LogP contribution < -0.4 is 5.32 Å². The Bertz CT molecular complexity index is 266. The number of carboxylic acids is 1. The van der Waals surface area contributed by atoms with Gasteiger partial charge in [-0.1, -0.05) is 11.8 Å². The van der Waals surface area contributed by atoms with E-state index in [1.807, 2.05) is 0 Å². The van der Waals surface area contributed by atoms with Crippen molar-refractivity contribution in [2.24, 2.45) is 0 Å². The van der Waals surface area contributed by atoms with Gasteiger partial charge in [0.1, 0.15) is 12.1 Å². The third-order valence-corrected chi connectivity index (χ3v) is 2.53. The number of aliphatic hydroxyl groups is 1. The Balaban J connectivity index is 4.13. The summed E-state index contributed by atoms with van der Waals surface area (Å²) in [6, 6.07) is -1.12. The molecule has 0 aromatic carbocycles. The van der Waals surface area contributed by atoms with Crippen LogP contribution in [0.25, 0.3) is 0 Å². The fraction of sp³-hybridized carbons (Fsp3) is 0.625. The lowest BCUT2D eigenvalue weighted by molar-refractivity contribution is -0.140. The van der Waals surface area contributed by atoms with E-state index in [0.29, 0.717) is 11.8 Å². The van der Waals surface area contributed by atoms with Gasteiger partial charge in [-0.25, -0.2) is 4.79 Å². The van der Waals surface area contributed by atoms with Gasteiger partial charge in [0.05, 0.1) is 0 Å². The molecular formula is C8H13NO5S. The number of thioether (sulfide) groups is 1. The van der Waals surface area contributed by atoms with Crippen molar-refractivity contribution >= 4 is 28.8 Å². The number of hydrogen-bond acceptors (Lipinski definition) is 5. The molecule has 0 saturated heterocycles. The number of carboxylic acid groups (broad SMARTS) is 1. The monoisotopic (exact) mass is 235 g/mol. The molecule has 7 heteroatoms. The molecule has 0 rings (SSSR count). The average molecular weight is 235 g/mol. The highest BCUT2D eigenvalue weighted by molar-refractivity contribution is 8.13. The molecule has 6 nitrogen and oxygen atoms in total. The maximum absolute atomic E-state index is 11.0. The quantitative estimate of drug-likeness (QED) is 0.577. The topological polar surface area (TPSA) is 104 Å². The predicted octanol–water partition coefficient (Wildman–Crippen LogP) is -0.784. The van der Waals surface area contributed by atoms with Crippen molar-refractivity contribution in [3.63, 3.8) is 0 Å². The number of hydrogen-bond donors (Lipinski definition) is 3. The Morgan fingerprint density at radius 3 is 2.27 bits per heavy atom. The molecule has 0 saturated carbocycles. The van der Waals surface area contributed by atoms with E-state index >= 15 is 0 Å². The summed E-state index contributed by atoms with van der Waals surface area (Å²) < 4.78 is 0. The lowest BCUT2D eigenvalue weighted by Gasteiger charge is -2.12. The summed E-state index contributed by atoms with van der Waals surface area (Å²) in [4.78, 5) is 32.2. The lowest BCUT2D eigenvalue weighted by atomic mass is 10.3. The molecule has 0 heterocycles. The average Bonchev–Trinajstić information content (AvgIpc) is 2.10. The fourth-order valence-electron chi connectivity index (χ4n) is 0.706. The molecule has 0 aliphatic heterocycles. The van der Waals surface area contributed by atoms with Gasteiger partial charge in [0.25, 0.3) is 0 Å². The maximum atomic E-state index is 11.0. The molecule has 0 spiro atoms. The SMILES string of the molecule is CC(=O)NC(CSC(=O)C(C)O)C(=O)O. The molecule has 15 heavy (non-hydrogen) atoms. The molecule has 1 amide bonds. The van der Waals surface area contributed by atoms with Crippen LogP contribution in [0.1, 0.15) is 13.8 Å². The molecule has 0 radical (unpaired) electrons. The van der Waals surface area contributed by atoms with Crippen LogP contribution in [0, 0.1) is 0 Å². The minimum absolute atomic E-state index is 0.0986. The molecular weight excluding hydrogens is 222 g/mol. The van der Waals surface area contributed by atoms with E-state index in [0.717, 1.165) is 0 Å². The Kier molecular flexibility index (Phi) is 5.95. The molecule has 0 aromatic rings. The molecule has 0 bridgehead atoms. The van der Waals surface area contributed by atoms with Gasteiger partial charge >= 0.3 is 5.97 Å². The second-order valence-electron chi connectivity index (χ2n) is 2.90. The minimum Gasteiger partial charge on any atom is -0.480 e. The van der Waals surface area contributed by atoms with Crippen molar-refractivity contribution in [2.45, 2.75) is 26.0 Å². The number of amides is 1. The zero-order valence-electron chi connectivity index (χ0n) is 8.39. The molecule has 86 valence electrons. The highest BCUT2D eigenvalue weighted by Gasteiger charge is 2.21. The summed E-state index contributed by atoms with van der Waals surface area (Å²) in [5.41, 5.74) is 0. The minimum atomic E-state index is -1.21. The van der Waals surface area contributed by atoms with Gasteiger partial charge in [-0.2, -0.15) is 0 Å². The van der Waals surface area contributed by atoms with E-state index in [9.17, 15) is 14.4 Å². The summed E-state index contributed by atoms with van der Waals surface area (Å²) in [7, 11) is 0. The van der Waals surface area contributed by atoms with Gasteiger partial charge in [-0.05, 0) is 6.92 Å². The Morgan fingerprint density at radius 1 is 1.40 bits per heavy atom. The second kappa shape index (κ2) is 6.41. The summed E-state index contributed by atoms with van der Waals surface area (Å²) in [6.45, 7) is 2.49. The zero-order chi connectivity index (χ0) is 12.0. The second-order valence-corrected chi connectivity index (χ2v) is 3.92. The van der Waals surface area contributed by atoms with Crippen LogP contribution in [0.2, 0.25) is 0 Å². The molecule has 0 fully saturated rings. The molecule has 2 atom stereocenters. The van der Waals surface area contributed by atoms with Crippen LogP contribution >= 0.6 is 11.8 Å². The van der Waals surface area contributed by atoms with Gasteiger partial charge < -0.3 is 15.5 Å². The van der Waals surface area contributed by atoms with E-state index in [4.69, 9.17) is 10.2 Å². The molecule has 0 aromatic heterocycles. The number of aliphatic carboxylic acids is 1. The number of carbonyl (C=O) groups excluding carboxylic acids is 2. The van der Waals surface area contributed by atoms with Crippen molar-refractivity contribution in [1.29, 1.82) is 0 Å². The van der Waals surface area contributed by atoms with Crippen molar-refractivity contribution < 1.29 is 24.6 Å². The van der Waals surface area contributed by atoms with Crippen LogP contribution in [-0.4, -0.2) is 45.1 Å². The molecule has 0 aliphatic rings. The number of aliphatic hydroxyl groups excluding tert-OH is 1. The van der Waals surface area contributed by atoms with E-state index in [1.165, 1.54) is 13.8 Å². The highest BCUT2D eigenvalue weighted by atomic mass is 32.2. The Labute approximate surface area is 91.0 Å². The van der Waals surface area contributed by atoms with Crippen molar-refractivity contribution in [3.05, 3.63) is 0 Å². The van der Waals surface area contributed by atoms with E-state index < -0.39 is 29.1 Å². The van der Waals surface area contributed by atoms with Crippen molar-refractivity contribution in [2.75, 3.05) is 5.75 Å². The van der Waals surface area contributed by atoms with Gasteiger partial charge in [0.15, 0.2) is 0 Å². The predicted molar refractivity (Wildman–Crippen MR) is 54.4 cm³/mol. The molecule has 3 N–H and O–H groups in total. The first-order valence-corrected chi connectivity index (χ1v) is 5.17. The third-order valence-electron chi connectivity index (χ3n) is 1.41. The standard InChI is InChI=1S/C8H13NO5S/c1-4(10)8(14)15-3-6(7(12)13)9-5(2)11/h4,6,10H,3H2,1-2H3,(H,9,11)(H,12,13). The van der Waals surface area contributed by atoms with E-state index in [-0.39, 0.29) is 5.75 Å². The normalized spacial score (nSPS) is 14.1. The third kappa shape index (κ3) is 6.08. The van der Waals surface area contributed by atoms with Gasteiger partial charge in [0.2, 0.25) is 11.0 Å². The Hall–Kier alpha value is -1.08. The van der Waals surface area contributed by atoms with Crippen LogP contribution in [0.4, 0.5) is 0 Å². The summed E-state index contributed by atoms with van der Waals surface area (Å²) in [5.74, 6) is -1.79. The molecule has 0 aliphatic carbocycles. The first kappa shape index (κ1) is 13.9. The van der Waals surface area contributed by atoms with E-state index in [2.05, 4.69) is 5.32 Å². The lowest BCUT2D eigenvalue weighted by Crippen LogP contribution is -2.41. The molecule has 2 unspecified atom stereocenters. The number of carbonyl (C=O) groups is 3. The Morgan fingerprint density at radius 2 is 1.93 bits per heavy atom. The maximum Gasteiger partial charge on any atom is 0.327 e. The first-order valence-electron chi connectivity index (χ1n) is 4.19. The summed E-state index contributed by atoms with van der Waals surface area (Å²) in [6.07, 6.45) is -1.14. The summed E-state index contributed by atoms with van der Waals surface area (Å²) >= 11 is 0.678. The van der Waals surface area contributed by atoms with Crippen molar-refractivity contribution in [1.82, 2.24) is 5.32 Å². The van der Waals surface area contributed by atoms with Crippen LogP contribution in [0.15, 0.2) is 0 Å². The van der Waals surface area contributed by atoms with Gasteiger partial charge in [-0.15, -0.1) is 0 Å². The van der Waals surface area contributed by atoms with Crippen LogP contribution in [-0.2, 0) is 14.4 Å². The van der Waals surface area contributed by atoms with Crippen LogP contribution in [0.3, 0.4) is 0 Å². The van der Waals surface area contributed by atoms with Crippen molar-refractivity contribution in [3.8, 4) is 0 Å². The largest absolute Gasteiger partial charge is 0.480 e. The highest BCUT2D eigenvalue weighted by Crippen LogP contribution is 2.07. The zero-order valence-corrected chi connectivity index (χ0v) is 9.21. The van der Waals surface area contributed by atoms with Gasteiger partial charge in [0, 0.05) is 12.7 Å². The smallest absolute Gasteiger partial charge is 0.327 e. The number of nitrogens with one attached hydrogen (secondary N) is 1. The van der Waals surface area contributed by atoms with E-state index in [1.54, 1.807) is 0 Å². The summed E-state index contributed by atoms with van der Waals surface area (Å²) in [5, 5.41) is 19.2. The fourth-order valence-corrected chi connectivity index (χ4v) is 1.50. The van der Waals surface area contributed by atoms with Crippen LogP contribution in [0.5, 0.6) is 0 Å².